The molecule has 0 aliphatic carbocycles. The summed E-state index contributed by atoms with van der Waals surface area (Å²) in [5.41, 5.74) is 0. The molecule has 0 aliphatic rings. The van der Waals surface area contributed by atoms with E-state index in [-0.39, 0.29) is 5.78 Å². The van der Waals surface area contributed by atoms with Crippen LogP contribution in [0, 0.1) is 11.8 Å². The molecule has 0 unspecified atom stereocenters. The lowest BCUT2D eigenvalue weighted by molar-refractivity contribution is -0.110. The third-order valence-corrected chi connectivity index (χ3v) is 1.78. The summed E-state index contributed by atoms with van der Waals surface area (Å²) >= 11 is 0. The minimum Gasteiger partial charge on any atom is -0.290 e. The van der Waals surface area contributed by atoms with Crippen molar-refractivity contribution in [3.8, 4) is 0 Å². The zero-order chi connectivity index (χ0) is 11.0. The van der Waals surface area contributed by atoms with E-state index in [9.17, 15) is 4.79 Å². The van der Waals surface area contributed by atoms with Crippen molar-refractivity contribution in [1.29, 1.82) is 0 Å². The number of ketones is 1. The van der Waals surface area contributed by atoms with E-state index in [4.69, 9.17) is 0 Å². The lowest BCUT2D eigenvalue weighted by atomic mass is 10.1. The van der Waals surface area contributed by atoms with Crippen LogP contribution in [0.1, 0.15) is 40.5 Å². The van der Waals surface area contributed by atoms with Crippen LogP contribution in [0.5, 0.6) is 0 Å². The Morgan fingerprint density at radius 2 is 1.29 bits per heavy atom. The molecule has 0 radical (unpaired) electrons. The molecule has 1 heteroatoms. The maximum atomic E-state index is 11.2. The van der Waals surface area contributed by atoms with Crippen molar-refractivity contribution in [2.75, 3.05) is 0 Å². The molecule has 0 spiro atoms. The van der Waals surface area contributed by atoms with Crippen LogP contribution in [-0.2, 0) is 4.79 Å². The third-order valence-electron chi connectivity index (χ3n) is 1.78. The SMILES string of the molecule is CC(C)CC=CC(=O)C=CCC(C)C. The first kappa shape index (κ1) is 13.2. The average Bonchev–Trinajstić information content (AvgIpc) is 2.02. The second-order valence-electron chi connectivity index (χ2n) is 4.47. The molecule has 0 aromatic carbocycles. The number of hydrogen-bond donors (Lipinski definition) is 0. The molecule has 0 heterocycles. The highest BCUT2D eigenvalue weighted by Crippen LogP contribution is 2.01. The Balaban J connectivity index is 3.75. The molecule has 0 fully saturated rings. The zero-order valence-corrected chi connectivity index (χ0v) is 9.79. The predicted octanol–water partition coefficient (Wildman–Crippen LogP) is 3.76. The van der Waals surface area contributed by atoms with Gasteiger partial charge in [-0.3, -0.25) is 4.79 Å². The van der Waals surface area contributed by atoms with Gasteiger partial charge in [-0.05, 0) is 36.8 Å². The monoisotopic (exact) mass is 194 g/mol. The van der Waals surface area contributed by atoms with Crippen LogP contribution in [-0.4, -0.2) is 5.78 Å². The fourth-order valence-corrected chi connectivity index (χ4v) is 0.968. The molecule has 80 valence electrons. The third kappa shape index (κ3) is 9.24. The van der Waals surface area contributed by atoms with Gasteiger partial charge in [0.25, 0.3) is 0 Å². The Bertz CT molecular complexity index is 187. The Morgan fingerprint density at radius 3 is 1.57 bits per heavy atom. The fourth-order valence-electron chi connectivity index (χ4n) is 0.968. The van der Waals surface area contributed by atoms with Gasteiger partial charge in [0.1, 0.15) is 0 Å². The van der Waals surface area contributed by atoms with Gasteiger partial charge in [0.05, 0.1) is 0 Å². The van der Waals surface area contributed by atoms with Crippen molar-refractivity contribution in [2.45, 2.75) is 40.5 Å². The van der Waals surface area contributed by atoms with Gasteiger partial charge in [-0.2, -0.15) is 0 Å². The lowest BCUT2D eigenvalue weighted by Crippen LogP contribution is -1.88. The van der Waals surface area contributed by atoms with Crippen LogP contribution in [0.2, 0.25) is 0 Å². The molecule has 0 amide bonds. The topological polar surface area (TPSA) is 17.1 Å². The second kappa shape index (κ2) is 7.54. The first-order chi connectivity index (χ1) is 6.52. The van der Waals surface area contributed by atoms with Crippen molar-refractivity contribution in [2.24, 2.45) is 11.8 Å². The van der Waals surface area contributed by atoms with Crippen LogP contribution >= 0.6 is 0 Å². The van der Waals surface area contributed by atoms with Crippen LogP contribution in [0.4, 0.5) is 0 Å². The lowest BCUT2D eigenvalue weighted by Gasteiger charge is -1.96. The molecular formula is C13H22O. The van der Waals surface area contributed by atoms with Crippen LogP contribution < -0.4 is 0 Å². The van der Waals surface area contributed by atoms with Crippen LogP contribution in [0.25, 0.3) is 0 Å². The zero-order valence-electron chi connectivity index (χ0n) is 9.79. The fraction of sp³-hybridized carbons (Fsp3) is 0.615. The van der Waals surface area contributed by atoms with Gasteiger partial charge in [0.15, 0.2) is 5.78 Å². The number of rotatable bonds is 6. The molecule has 0 bridgehead atoms. The predicted molar refractivity (Wildman–Crippen MR) is 62.2 cm³/mol. The quantitative estimate of drug-likeness (QED) is 0.588. The molecular weight excluding hydrogens is 172 g/mol. The molecule has 0 aromatic heterocycles. The number of carbonyl (C=O) groups is 1. The highest BCUT2D eigenvalue weighted by molar-refractivity contribution is 5.99. The summed E-state index contributed by atoms with van der Waals surface area (Å²) in [6.45, 7) is 8.57. The average molecular weight is 194 g/mol. The minimum absolute atomic E-state index is 0.103. The van der Waals surface area contributed by atoms with Gasteiger partial charge in [0.2, 0.25) is 0 Å². The Kier molecular flexibility index (Phi) is 7.09. The largest absolute Gasteiger partial charge is 0.290 e. The standard InChI is InChI=1S/C13H22O/c1-11(2)7-5-9-13(14)10-6-8-12(3)4/h5-6,9-12H,7-8H2,1-4H3. The van der Waals surface area contributed by atoms with Gasteiger partial charge >= 0.3 is 0 Å². The number of hydrogen-bond acceptors (Lipinski definition) is 1. The van der Waals surface area contributed by atoms with Gasteiger partial charge in [-0.25, -0.2) is 0 Å². The molecule has 0 saturated heterocycles. The number of carbonyl (C=O) groups excluding carboxylic acids is 1. The van der Waals surface area contributed by atoms with Gasteiger partial charge in [-0.1, -0.05) is 39.8 Å². The summed E-state index contributed by atoms with van der Waals surface area (Å²) in [5.74, 6) is 1.35. The first-order valence-electron chi connectivity index (χ1n) is 5.39. The first-order valence-corrected chi connectivity index (χ1v) is 5.39. The molecule has 0 aromatic rings. The smallest absolute Gasteiger partial charge is 0.177 e. The van der Waals surface area contributed by atoms with E-state index < -0.39 is 0 Å². The summed E-state index contributed by atoms with van der Waals surface area (Å²) in [7, 11) is 0. The van der Waals surface area contributed by atoms with E-state index in [1.54, 1.807) is 12.2 Å². The normalized spacial score (nSPS) is 12.4. The molecule has 0 saturated carbocycles. The molecule has 0 rings (SSSR count). The van der Waals surface area contributed by atoms with E-state index in [0.29, 0.717) is 11.8 Å². The summed E-state index contributed by atoms with van der Waals surface area (Å²) < 4.78 is 0. The summed E-state index contributed by atoms with van der Waals surface area (Å²) in [6, 6.07) is 0. The highest BCUT2D eigenvalue weighted by Gasteiger charge is 1.92. The summed E-state index contributed by atoms with van der Waals surface area (Å²) in [5, 5.41) is 0. The molecule has 0 aliphatic heterocycles. The summed E-state index contributed by atoms with van der Waals surface area (Å²) in [4.78, 5) is 11.2. The molecule has 14 heavy (non-hydrogen) atoms. The molecule has 0 atom stereocenters. The van der Waals surface area contributed by atoms with Gasteiger partial charge in [-0.15, -0.1) is 0 Å². The second-order valence-corrected chi connectivity index (χ2v) is 4.47. The van der Waals surface area contributed by atoms with Crippen molar-refractivity contribution < 1.29 is 4.79 Å². The molecule has 0 N–H and O–H groups in total. The Labute approximate surface area is 87.9 Å². The summed E-state index contributed by atoms with van der Waals surface area (Å²) in [6.07, 6.45) is 9.18. The van der Waals surface area contributed by atoms with Crippen molar-refractivity contribution in [1.82, 2.24) is 0 Å². The highest BCUT2D eigenvalue weighted by atomic mass is 16.1. The molecule has 1 nitrogen and oxygen atoms in total. The maximum Gasteiger partial charge on any atom is 0.177 e. The van der Waals surface area contributed by atoms with E-state index in [1.807, 2.05) is 12.2 Å². The maximum absolute atomic E-state index is 11.2. The van der Waals surface area contributed by atoms with Crippen LogP contribution in [0.3, 0.4) is 0 Å². The van der Waals surface area contributed by atoms with Gasteiger partial charge in [0, 0.05) is 0 Å². The van der Waals surface area contributed by atoms with Crippen LogP contribution in [0.15, 0.2) is 24.3 Å². The minimum atomic E-state index is 0.103. The van der Waals surface area contributed by atoms with Gasteiger partial charge < -0.3 is 0 Å². The van der Waals surface area contributed by atoms with Crippen molar-refractivity contribution in [3.05, 3.63) is 24.3 Å². The van der Waals surface area contributed by atoms with Crippen molar-refractivity contribution in [3.63, 3.8) is 0 Å². The van der Waals surface area contributed by atoms with E-state index >= 15 is 0 Å². The number of allylic oxidation sites excluding steroid dienone is 4. The Morgan fingerprint density at radius 1 is 0.929 bits per heavy atom. The Hall–Kier alpha value is -0.850. The van der Waals surface area contributed by atoms with E-state index in [1.165, 1.54) is 0 Å². The van der Waals surface area contributed by atoms with E-state index in [0.717, 1.165) is 12.8 Å². The van der Waals surface area contributed by atoms with Crippen molar-refractivity contribution >= 4 is 5.78 Å². The van der Waals surface area contributed by atoms with E-state index in [2.05, 4.69) is 27.7 Å².